The van der Waals surface area contributed by atoms with Gasteiger partial charge in [-0.2, -0.15) is 0 Å². The molecule has 1 N–H and O–H groups in total. The summed E-state index contributed by atoms with van der Waals surface area (Å²) in [5.41, 5.74) is 0.592. The molecule has 0 aliphatic rings. The van der Waals surface area contributed by atoms with Gasteiger partial charge in [0.15, 0.2) is 0 Å². The van der Waals surface area contributed by atoms with Gasteiger partial charge in [-0.05, 0) is 36.4 Å². The molecule has 98 valence electrons. The summed E-state index contributed by atoms with van der Waals surface area (Å²) in [6.45, 7) is 0. The molecule has 2 aromatic carbocycles. The molecule has 0 unspecified atom stereocenters. The summed E-state index contributed by atoms with van der Waals surface area (Å²) >= 11 is 7.16. The molecule has 0 radical (unpaired) electrons. The number of nitrogens with zero attached hydrogens (tertiary/aromatic N) is 1. The fourth-order valence-electron chi connectivity index (χ4n) is 1.62. The van der Waals surface area contributed by atoms with Crippen LogP contribution in [0.3, 0.4) is 0 Å². The van der Waals surface area contributed by atoms with Crippen molar-refractivity contribution in [1.29, 1.82) is 0 Å². The van der Waals surface area contributed by atoms with Crippen LogP contribution in [0, 0.1) is 10.1 Å². The van der Waals surface area contributed by atoms with Gasteiger partial charge in [0.1, 0.15) is 5.69 Å². The van der Waals surface area contributed by atoms with Gasteiger partial charge in [0.25, 0.3) is 0 Å². The van der Waals surface area contributed by atoms with E-state index in [9.17, 15) is 10.1 Å². The second-order valence-electron chi connectivity index (χ2n) is 3.72. The summed E-state index contributed by atoms with van der Waals surface area (Å²) in [5, 5.41) is 14.7. The molecule has 0 aliphatic carbocycles. The van der Waals surface area contributed by atoms with E-state index >= 15 is 0 Å². The van der Waals surface area contributed by atoms with Gasteiger partial charge in [-0.25, -0.2) is 0 Å². The maximum Gasteiger partial charge on any atom is 0.306 e. The molecule has 0 saturated heterocycles. The largest absolute Gasteiger partial charge is 0.383 e. The molecule has 0 fully saturated rings. The summed E-state index contributed by atoms with van der Waals surface area (Å²) in [7, 11) is 1.67. The number of para-hydroxylation sites is 1. The van der Waals surface area contributed by atoms with E-state index in [1.54, 1.807) is 37.4 Å². The van der Waals surface area contributed by atoms with E-state index in [1.165, 1.54) is 11.8 Å². The first-order valence-corrected chi connectivity index (χ1v) is 6.70. The Labute approximate surface area is 119 Å². The second kappa shape index (κ2) is 5.95. The van der Waals surface area contributed by atoms with Gasteiger partial charge < -0.3 is 5.32 Å². The van der Waals surface area contributed by atoms with Crippen molar-refractivity contribution in [2.75, 3.05) is 12.4 Å². The number of hydrogen-bond acceptors (Lipinski definition) is 4. The van der Waals surface area contributed by atoms with Crippen LogP contribution < -0.4 is 5.32 Å². The standard InChI is InChI=1S/C13H11ClN2O2S/c1-15-11-3-2-4-12(13(11)16(17)18)19-10-7-5-9(14)6-8-10/h2-8,15H,1H3. The highest BCUT2D eigenvalue weighted by Crippen LogP contribution is 2.39. The molecule has 0 aromatic heterocycles. The predicted molar refractivity (Wildman–Crippen MR) is 78.2 cm³/mol. The van der Waals surface area contributed by atoms with E-state index in [0.29, 0.717) is 15.6 Å². The molecule has 4 nitrogen and oxygen atoms in total. The SMILES string of the molecule is CNc1cccc(Sc2ccc(Cl)cc2)c1[N+](=O)[O-]. The molecule has 0 amide bonds. The summed E-state index contributed by atoms with van der Waals surface area (Å²) in [6.07, 6.45) is 0. The third-order valence-corrected chi connectivity index (χ3v) is 3.80. The zero-order valence-corrected chi connectivity index (χ0v) is 11.7. The summed E-state index contributed by atoms with van der Waals surface area (Å²) in [6, 6.07) is 12.4. The average molecular weight is 295 g/mol. The number of hydrogen-bond donors (Lipinski definition) is 1. The zero-order valence-electron chi connectivity index (χ0n) is 10.1. The average Bonchev–Trinajstić information content (AvgIpc) is 2.40. The van der Waals surface area contributed by atoms with E-state index in [-0.39, 0.29) is 10.6 Å². The van der Waals surface area contributed by atoms with Crippen molar-refractivity contribution in [3.63, 3.8) is 0 Å². The second-order valence-corrected chi connectivity index (χ2v) is 5.27. The van der Waals surface area contributed by atoms with Gasteiger partial charge in [0, 0.05) is 17.0 Å². The Kier molecular flexibility index (Phi) is 4.29. The van der Waals surface area contributed by atoms with E-state index in [2.05, 4.69) is 5.32 Å². The highest BCUT2D eigenvalue weighted by atomic mass is 35.5. The molecular formula is C13H11ClN2O2S. The van der Waals surface area contributed by atoms with Gasteiger partial charge in [-0.15, -0.1) is 0 Å². The maximum atomic E-state index is 11.2. The third kappa shape index (κ3) is 3.19. The van der Waals surface area contributed by atoms with Gasteiger partial charge >= 0.3 is 5.69 Å². The molecule has 0 saturated carbocycles. The molecule has 0 aliphatic heterocycles. The molecule has 6 heteroatoms. The molecule has 0 atom stereocenters. The lowest BCUT2D eigenvalue weighted by molar-refractivity contribution is -0.386. The van der Waals surface area contributed by atoms with E-state index in [1.807, 2.05) is 12.1 Å². The van der Waals surface area contributed by atoms with E-state index in [0.717, 1.165) is 4.90 Å². The number of halogens is 1. The minimum absolute atomic E-state index is 0.0879. The molecule has 2 rings (SSSR count). The predicted octanol–water partition coefficient (Wildman–Crippen LogP) is 4.44. The highest BCUT2D eigenvalue weighted by Gasteiger charge is 2.19. The Morgan fingerprint density at radius 2 is 1.89 bits per heavy atom. The van der Waals surface area contributed by atoms with Crippen molar-refractivity contribution in [3.05, 3.63) is 57.6 Å². The first kappa shape index (κ1) is 13.7. The Morgan fingerprint density at radius 1 is 1.21 bits per heavy atom. The smallest absolute Gasteiger partial charge is 0.306 e. The Balaban J connectivity index is 2.39. The highest BCUT2D eigenvalue weighted by molar-refractivity contribution is 7.99. The monoisotopic (exact) mass is 294 g/mol. The van der Waals surface area contributed by atoms with Gasteiger partial charge in [-0.1, -0.05) is 29.4 Å². The quantitative estimate of drug-likeness (QED) is 0.669. The number of anilines is 1. The first-order chi connectivity index (χ1) is 9.11. The van der Waals surface area contributed by atoms with Crippen molar-refractivity contribution in [3.8, 4) is 0 Å². The molecule has 0 bridgehead atoms. The van der Waals surface area contributed by atoms with Crippen LogP contribution in [-0.4, -0.2) is 12.0 Å². The lowest BCUT2D eigenvalue weighted by Crippen LogP contribution is -1.97. The van der Waals surface area contributed by atoms with Crippen molar-refractivity contribution in [2.24, 2.45) is 0 Å². The lowest BCUT2D eigenvalue weighted by atomic mass is 10.2. The minimum atomic E-state index is -0.371. The van der Waals surface area contributed by atoms with Crippen LogP contribution in [0.2, 0.25) is 5.02 Å². The lowest BCUT2D eigenvalue weighted by Gasteiger charge is -2.07. The molecule has 0 heterocycles. The molecule has 0 spiro atoms. The normalized spacial score (nSPS) is 10.2. The number of nitrogens with one attached hydrogen (secondary N) is 1. The van der Waals surface area contributed by atoms with Crippen LogP contribution >= 0.6 is 23.4 Å². The van der Waals surface area contributed by atoms with Gasteiger partial charge in [-0.3, -0.25) is 10.1 Å². The molecular weight excluding hydrogens is 284 g/mol. The van der Waals surface area contributed by atoms with Crippen molar-refractivity contribution in [1.82, 2.24) is 0 Å². The Morgan fingerprint density at radius 3 is 2.47 bits per heavy atom. The van der Waals surface area contributed by atoms with Crippen molar-refractivity contribution >= 4 is 34.7 Å². The molecule has 19 heavy (non-hydrogen) atoms. The van der Waals surface area contributed by atoms with Crippen LogP contribution in [0.15, 0.2) is 52.3 Å². The minimum Gasteiger partial charge on any atom is -0.383 e. The first-order valence-electron chi connectivity index (χ1n) is 5.50. The zero-order chi connectivity index (χ0) is 13.8. The number of nitro groups is 1. The van der Waals surface area contributed by atoms with Crippen LogP contribution in [0.5, 0.6) is 0 Å². The van der Waals surface area contributed by atoms with E-state index in [4.69, 9.17) is 11.6 Å². The number of rotatable bonds is 4. The van der Waals surface area contributed by atoms with Crippen LogP contribution in [0.25, 0.3) is 0 Å². The van der Waals surface area contributed by atoms with Crippen molar-refractivity contribution < 1.29 is 4.92 Å². The van der Waals surface area contributed by atoms with Gasteiger partial charge in [0.2, 0.25) is 0 Å². The van der Waals surface area contributed by atoms with E-state index < -0.39 is 0 Å². The number of benzene rings is 2. The van der Waals surface area contributed by atoms with Crippen molar-refractivity contribution in [2.45, 2.75) is 9.79 Å². The van der Waals surface area contributed by atoms with Crippen LogP contribution in [-0.2, 0) is 0 Å². The fourth-order valence-corrected chi connectivity index (χ4v) is 2.70. The fraction of sp³-hybridized carbons (Fsp3) is 0.0769. The van der Waals surface area contributed by atoms with Crippen LogP contribution in [0.1, 0.15) is 0 Å². The third-order valence-electron chi connectivity index (χ3n) is 2.49. The Hall–Kier alpha value is -1.72. The van der Waals surface area contributed by atoms with Gasteiger partial charge in [0.05, 0.1) is 9.82 Å². The Bertz CT molecular complexity index is 602. The maximum absolute atomic E-state index is 11.2. The topological polar surface area (TPSA) is 55.2 Å². The molecule has 2 aromatic rings. The summed E-state index contributed by atoms with van der Waals surface area (Å²) < 4.78 is 0. The number of nitro benzene ring substituents is 1. The summed E-state index contributed by atoms with van der Waals surface area (Å²) in [4.78, 5) is 12.3. The van der Waals surface area contributed by atoms with Crippen LogP contribution in [0.4, 0.5) is 11.4 Å². The summed E-state index contributed by atoms with van der Waals surface area (Å²) in [5.74, 6) is 0.